The summed E-state index contributed by atoms with van der Waals surface area (Å²) in [5.74, 6) is 0. The van der Waals surface area contributed by atoms with Crippen LogP contribution in [0.15, 0.2) is 69.4 Å². The van der Waals surface area contributed by atoms with Crippen molar-refractivity contribution < 1.29 is 9.53 Å². The molecule has 0 atom stereocenters. The van der Waals surface area contributed by atoms with Crippen LogP contribution in [0.2, 0.25) is 0 Å². The minimum Gasteiger partial charge on any atom is -0.444 e. The fourth-order valence-electron chi connectivity index (χ4n) is 3.00. The number of aromatic nitrogens is 1. The molecule has 3 rings (SSSR count). The molecule has 0 bridgehead atoms. The van der Waals surface area contributed by atoms with E-state index in [0.717, 1.165) is 45.6 Å². The SMILES string of the molecule is CC(C)(C)OC(=O)NCCCCn1c(-c2ccc(Br)cc2)cs/c1=N/c1ccccc1. The van der Waals surface area contributed by atoms with E-state index in [-0.39, 0.29) is 6.09 Å². The minimum absolute atomic E-state index is 0.369. The minimum atomic E-state index is -0.482. The molecule has 0 spiro atoms. The van der Waals surface area contributed by atoms with Crippen molar-refractivity contribution in [3.8, 4) is 11.3 Å². The second-order valence-corrected chi connectivity index (χ2v) is 9.90. The lowest BCUT2D eigenvalue weighted by atomic mass is 10.1. The van der Waals surface area contributed by atoms with Crippen molar-refractivity contribution in [3.63, 3.8) is 0 Å². The molecule has 5 nitrogen and oxygen atoms in total. The first-order valence-corrected chi connectivity index (χ1v) is 12.0. The summed E-state index contributed by atoms with van der Waals surface area (Å²) in [5.41, 5.74) is 2.75. The van der Waals surface area contributed by atoms with Crippen LogP contribution in [0.4, 0.5) is 10.5 Å². The van der Waals surface area contributed by atoms with Crippen LogP contribution in [-0.2, 0) is 11.3 Å². The number of hydrogen-bond acceptors (Lipinski definition) is 4. The lowest BCUT2D eigenvalue weighted by molar-refractivity contribution is 0.0527. The third-order valence-corrected chi connectivity index (χ3v) is 5.79. The first kappa shape index (κ1) is 23.3. The molecule has 1 amide bonds. The summed E-state index contributed by atoms with van der Waals surface area (Å²) in [6.07, 6.45) is 1.40. The van der Waals surface area contributed by atoms with E-state index in [1.54, 1.807) is 11.3 Å². The van der Waals surface area contributed by atoms with Crippen LogP contribution in [0.3, 0.4) is 0 Å². The number of nitrogens with zero attached hydrogens (tertiary/aromatic N) is 2. The highest BCUT2D eigenvalue weighted by atomic mass is 79.9. The number of alkyl carbamates (subject to hydrolysis) is 1. The Morgan fingerprint density at radius 3 is 2.48 bits per heavy atom. The largest absolute Gasteiger partial charge is 0.444 e. The molecular weight excluding hydrogens is 474 g/mol. The maximum Gasteiger partial charge on any atom is 0.407 e. The second kappa shape index (κ2) is 10.8. The van der Waals surface area contributed by atoms with Crippen molar-refractivity contribution in [2.24, 2.45) is 4.99 Å². The van der Waals surface area contributed by atoms with Gasteiger partial charge in [-0.15, -0.1) is 11.3 Å². The summed E-state index contributed by atoms with van der Waals surface area (Å²) in [7, 11) is 0. The Kier molecular flexibility index (Phi) is 8.09. The number of rotatable bonds is 7. The molecule has 0 aliphatic carbocycles. The Hall–Kier alpha value is -2.38. The molecule has 0 fully saturated rings. The predicted octanol–water partition coefficient (Wildman–Crippen LogP) is 6.52. The fourth-order valence-corrected chi connectivity index (χ4v) is 4.22. The quantitative estimate of drug-likeness (QED) is 0.374. The van der Waals surface area contributed by atoms with Crippen molar-refractivity contribution in [1.29, 1.82) is 0 Å². The van der Waals surface area contributed by atoms with Crippen LogP contribution in [0.5, 0.6) is 0 Å². The van der Waals surface area contributed by atoms with Gasteiger partial charge < -0.3 is 14.6 Å². The first-order chi connectivity index (χ1) is 14.8. The normalized spacial score (nSPS) is 12.1. The maximum atomic E-state index is 11.8. The van der Waals surface area contributed by atoms with Crippen molar-refractivity contribution >= 4 is 39.0 Å². The Balaban J connectivity index is 1.72. The summed E-state index contributed by atoms with van der Waals surface area (Å²) in [6, 6.07) is 18.3. The van der Waals surface area contributed by atoms with Gasteiger partial charge >= 0.3 is 6.09 Å². The van der Waals surface area contributed by atoms with E-state index in [4.69, 9.17) is 9.73 Å². The van der Waals surface area contributed by atoms with Crippen LogP contribution < -0.4 is 10.1 Å². The topological polar surface area (TPSA) is 55.6 Å². The average Bonchev–Trinajstić information content (AvgIpc) is 3.10. The molecular formula is C24H28BrN3O2S. The number of carbonyl (C=O) groups is 1. The molecule has 1 N–H and O–H groups in total. The number of hydrogen-bond donors (Lipinski definition) is 1. The van der Waals surface area contributed by atoms with Gasteiger partial charge in [0.25, 0.3) is 0 Å². The molecule has 1 aromatic heterocycles. The number of halogens is 1. The molecule has 0 saturated heterocycles. The number of nitrogens with one attached hydrogen (secondary N) is 1. The van der Waals surface area contributed by atoms with Gasteiger partial charge in [-0.25, -0.2) is 9.79 Å². The van der Waals surface area contributed by atoms with Gasteiger partial charge in [-0.2, -0.15) is 0 Å². The lowest BCUT2D eigenvalue weighted by Crippen LogP contribution is -2.33. The van der Waals surface area contributed by atoms with Gasteiger partial charge in [0.05, 0.1) is 11.4 Å². The summed E-state index contributed by atoms with van der Waals surface area (Å²) >= 11 is 5.15. The molecule has 2 aromatic carbocycles. The van der Waals surface area contributed by atoms with Crippen molar-refractivity contribution in [1.82, 2.24) is 9.88 Å². The van der Waals surface area contributed by atoms with E-state index in [2.05, 4.69) is 55.5 Å². The fraction of sp³-hybridized carbons (Fsp3) is 0.333. The van der Waals surface area contributed by atoms with Gasteiger partial charge in [-0.05, 0) is 63.4 Å². The van der Waals surface area contributed by atoms with Crippen LogP contribution in [0.1, 0.15) is 33.6 Å². The predicted molar refractivity (Wildman–Crippen MR) is 131 cm³/mol. The van der Waals surface area contributed by atoms with Crippen LogP contribution in [0.25, 0.3) is 11.3 Å². The zero-order valence-electron chi connectivity index (χ0n) is 18.1. The number of ether oxygens (including phenoxy) is 1. The van der Waals surface area contributed by atoms with E-state index in [1.807, 2.05) is 51.1 Å². The number of unbranched alkanes of at least 4 members (excludes halogenated alkanes) is 1. The third-order valence-electron chi connectivity index (χ3n) is 4.40. The number of para-hydroxylation sites is 1. The average molecular weight is 502 g/mol. The van der Waals surface area contributed by atoms with Gasteiger partial charge in [0.15, 0.2) is 4.80 Å². The molecule has 3 aromatic rings. The Morgan fingerprint density at radius 1 is 1.10 bits per heavy atom. The number of thiazole rings is 1. The highest BCUT2D eigenvalue weighted by Crippen LogP contribution is 2.23. The van der Waals surface area contributed by atoms with Gasteiger partial charge in [-0.1, -0.05) is 46.3 Å². The van der Waals surface area contributed by atoms with Crippen molar-refractivity contribution in [2.45, 2.75) is 45.8 Å². The van der Waals surface area contributed by atoms with Crippen LogP contribution in [-0.4, -0.2) is 22.8 Å². The highest BCUT2D eigenvalue weighted by Gasteiger charge is 2.15. The summed E-state index contributed by atoms with van der Waals surface area (Å²) in [4.78, 5) is 17.6. The van der Waals surface area contributed by atoms with Crippen molar-refractivity contribution in [3.05, 3.63) is 69.3 Å². The number of carbonyl (C=O) groups excluding carboxylic acids is 1. The lowest BCUT2D eigenvalue weighted by Gasteiger charge is -2.19. The smallest absolute Gasteiger partial charge is 0.407 e. The third kappa shape index (κ3) is 7.36. The molecule has 31 heavy (non-hydrogen) atoms. The molecule has 1 heterocycles. The second-order valence-electron chi connectivity index (χ2n) is 8.15. The Labute approximate surface area is 195 Å². The van der Waals surface area contributed by atoms with Gasteiger partial charge in [0.1, 0.15) is 5.60 Å². The van der Waals surface area contributed by atoms with Crippen LogP contribution >= 0.6 is 27.3 Å². The summed E-state index contributed by atoms with van der Waals surface area (Å²) < 4.78 is 8.60. The molecule has 0 aliphatic heterocycles. The highest BCUT2D eigenvalue weighted by molar-refractivity contribution is 9.10. The van der Waals surface area contributed by atoms with E-state index >= 15 is 0 Å². The molecule has 7 heteroatoms. The monoisotopic (exact) mass is 501 g/mol. The van der Waals surface area contributed by atoms with E-state index in [9.17, 15) is 4.79 Å². The first-order valence-electron chi connectivity index (χ1n) is 10.3. The van der Waals surface area contributed by atoms with E-state index < -0.39 is 5.60 Å². The standard InChI is InChI=1S/C24H28BrN3O2S/c1-24(2,3)30-23(29)26-15-7-8-16-28-21(18-11-13-19(25)14-12-18)17-31-22(28)27-20-9-5-4-6-10-20/h4-6,9-14,17H,7-8,15-16H2,1-3H3,(H,26,29)/b27-22+. The summed E-state index contributed by atoms with van der Waals surface area (Å²) in [6.45, 7) is 6.98. The maximum absolute atomic E-state index is 11.8. The molecule has 0 saturated carbocycles. The number of benzene rings is 2. The van der Waals surface area contributed by atoms with Gasteiger partial charge in [0.2, 0.25) is 0 Å². The zero-order chi connectivity index (χ0) is 22.3. The zero-order valence-corrected chi connectivity index (χ0v) is 20.5. The molecule has 0 unspecified atom stereocenters. The van der Waals surface area contributed by atoms with Gasteiger partial charge in [0, 0.05) is 22.9 Å². The van der Waals surface area contributed by atoms with E-state index in [1.165, 1.54) is 0 Å². The van der Waals surface area contributed by atoms with E-state index in [0.29, 0.717) is 6.54 Å². The Morgan fingerprint density at radius 2 is 1.81 bits per heavy atom. The molecule has 0 radical (unpaired) electrons. The van der Waals surface area contributed by atoms with Gasteiger partial charge in [-0.3, -0.25) is 0 Å². The molecule has 0 aliphatic rings. The Bertz CT molecular complexity index is 1050. The molecule has 164 valence electrons. The van der Waals surface area contributed by atoms with Crippen molar-refractivity contribution in [2.75, 3.05) is 6.54 Å². The van der Waals surface area contributed by atoms with Crippen LogP contribution in [0, 0.1) is 0 Å². The summed E-state index contributed by atoms with van der Waals surface area (Å²) in [5, 5.41) is 4.99. The number of amides is 1.